The quantitative estimate of drug-likeness (QED) is 0.158. The van der Waals surface area contributed by atoms with Crippen LogP contribution in [0.25, 0.3) is 115 Å². The highest BCUT2D eigenvalue weighted by molar-refractivity contribution is 7.28. The third-order valence-electron chi connectivity index (χ3n) is 10.8. The molecule has 3 aromatic heterocycles. The van der Waals surface area contributed by atoms with Crippen LogP contribution in [0.3, 0.4) is 0 Å². The summed E-state index contributed by atoms with van der Waals surface area (Å²) in [4.78, 5) is 0. The van der Waals surface area contributed by atoms with Gasteiger partial charge in [-0.05, 0) is 91.6 Å². The van der Waals surface area contributed by atoms with Crippen molar-refractivity contribution < 1.29 is 0 Å². The fourth-order valence-corrected chi connectivity index (χ4v) is 12.1. The van der Waals surface area contributed by atoms with Gasteiger partial charge in [-0.25, -0.2) is 0 Å². The number of hydrogen-bond donors (Lipinski definition) is 0. The van der Waals surface area contributed by atoms with Gasteiger partial charge >= 0.3 is 0 Å². The van der Waals surface area contributed by atoms with Crippen LogP contribution < -0.4 is 0 Å². The molecule has 12 rings (SSSR count). The van der Waals surface area contributed by atoms with E-state index in [2.05, 4.69) is 158 Å². The molecule has 0 saturated carbocycles. The summed E-state index contributed by atoms with van der Waals surface area (Å²) < 4.78 is 8.11. The first-order valence-corrected chi connectivity index (χ1v) is 19.8. The molecule has 0 aliphatic heterocycles. The predicted molar refractivity (Wildman–Crippen MR) is 228 cm³/mol. The first-order valence-electron chi connectivity index (χ1n) is 17.3. The third kappa shape index (κ3) is 3.94. The molecule has 0 aliphatic carbocycles. The lowest BCUT2D eigenvalue weighted by Crippen LogP contribution is -1.90. The summed E-state index contributed by atoms with van der Waals surface area (Å²) in [6.07, 6.45) is 0. The number of hydrogen-bond acceptors (Lipinski definition) is 3. The van der Waals surface area contributed by atoms with Gasteiger partial charge in [0.2, 0.25) is 0 Å². The van der Waals surface area contributed by atoms with E-state index in [1.807, 2.05) is 34.0 Å². The third-order valence-corrected chi connectivity index (χ3v) is 14.3. The number of thiophene rings is 3. The second-order valence-corrected chi connectivity index (χ2v) is 16.8. The molecule has 12 aromatic rings. The molecule has 3 heterocycles. The lowest BCUT2D eigenvalue weighted by atomic mass is 9.85. The minimum absolute atomic E-state index is 1.26. The van der Waals surface area contributed by atoms with E-state index in [1.54, 1.807) is 0 Å². The molecule has 0 amide bonds. The first-order chi connectivity index (χ1) is 25.3. The molecule has 0 bridgehead atoms. The Hall–Kier alpha value is -5.58. The lowest BCUT2D eigenvalue weighted by molar-refractivity contribution is 1.70. The van der Waals surface area contributed by atoms with E-state index in [9.17, 15) is 0 Å². The largest absolute Gasteiger partial charge is 0.135 e. The Morgan fingerprint density at radius 1 is 0.275 bits per heavy atom. The van der Waals surface area contributed by atoms with Gasteiger partial charge in [-0.1, -0.05) is 115 Å². The average molecular weight is 699 g/mol. The maximum atomic E-state index is 2.46. The molecule has 9 aromatic carbocycles. The second kappa shape index (κ2) is 10.5. The minimum Gasteiger partial charge on any atom is -0.135 e. The highest BCUT2D eigenvalue weighted by Crippen LogP contribution is 2.49. The normalized spacial score (nSPS) is 12.3. The predicted octanol–water partition coefficient (Wildman–Crippen LogP) is 15.6. The van der Waals surface area contributed by atoms with Crippen molar-refractivity contribution in [1.82, 2.24) is 0 Å². The lowest BCUT2D eigenvalue weighted by Gasteiger charge is -2.18. The molecular weight excluding hydrogens is 673 g/mol. The van der Waals surface area contributed by atoms with Gasteiger partial charge < -0.3 is 0 Å². The van der Waals surface area contributed by atoms with E-state index < -0.39 is 0 Å². The van der Waals surface area contributed by atoms with Crippen molar-refractivity contribution in [2.75, 3.05) is 0 Å². The van der Waals surface area contributed by atoms with Gasteiger partial charge in [-0.3, -0.25) is 0 Å². The van der Waals surface area contributed by atoms with Crippen LogP contribution in [-0.4, -0.2) is 0 Å². The van der Waals surface area contributed by atoms with Crippen molar-refractivity contribution in [3.8, 4) is 22.3 Å². The zero-order valence-corrected chi connectivity index (χ0v) is 29.7. The smallest absolute Gasteiger partial charge is 0.0440 e. The molecule has 3 heteroatoms. The summed E-state index contributed by atoms with van der Waals surface area (Å²) >= 11 is 5.71. The molecular formula is C48H26S3. The fourth-order valence-electron chi connectivity index (χ4n) is 8.64. The maximum Gasteiger partial charge on any atom is 0.0440 e. The van der Waals surface area contributed by atoms with Gasteiger partial charge in [0, 0.05) is 65.9 Å². The van der Waals surface area contributed by atoms with Crippen molar-refractivity contribution in [2.24, 2.45) is 0 Å². The van der Waals surface area contributed by atoms with Crippen LogP contribution in [0.2, 0.25) is 0 Å². The molecule has 0 spiro atoms. The average Bonchev–Trinajstić information content (AvgIpc) is 3.87. The molecule has 0 atom stereocenters. The van der Waals surface area contributed by atoms with Crippen LogP contribution >= 0.6 is 34.0 Å². The van der Waals surface area contributed by atoms with Crippen LogP contribution in [0.4, 0.5) is 0 Å². The fraction of sp³-hybridized carbons (Fsp3) is 0. The Balaban J connectivity index is 1.14. The molecule has 51 heavy (non-hydrogen) atoms. The van der Waals surface area contributed by atoms with Crippen molar-refractivity contribution in [3.63, 3.8) is 0 Å². The van der Waals surface area contributed by atoms with Gasteiger partial charge in [0.25, 0.3) is 0 Å². The van der Waals surface area contributed by atoms with Crippen molar-refractivity contribution in [3.05, 3.63) is 158 Å². The SMILES string of the molecule is c1ccc2c(c1)sc1ccc(-c3c4ccccc4c(-c4ccc5sc6c(ccc7ccc8sc9ccccc9c8c76)c5c4)c4ccccc34)cc12. The van der Waals surface area contributed by atoms with E-state index in [0.717, 1.165) is 0 Å². The summed E-state index contributed by atoms with van der Waals surface area (Å²) in [6, 6.07) is 59.2. The molecule has 0 nitrogen and oxygen atoms in total. The summed E-state index contributed by atoms with van der Waals surface area (Å²) in [5.74, 6) is 0. The molecule has 0 fully saturated rings. The highest BCUT2D eigenvalue weighted by atomic mass is 32.1. The standard InChI is InChI=1S/C48H26S3/c1-3-12-33-31(10-1)44(28-19-22-41-37(25-28)30-9-5-7-15-39(30)49-41)32-11-2-4-13-34(32)45(33)29-20-23-42-38(26-29)35-21-17-27-18-24-43-47(46(27)48(35)51-42)36-14-6-8-16-40(36)50-43/h1-26H. The Morgan fingerprint density at radius 2 is 0.725 bits per heavy atom. The number of benzene rings is 9. The van der Waals surface area contributed by atoms with Crippen molar-refractivity contribution >= 4 is 127 Å². The molecule has 0 N–H and O–H groups in total. The van der Waals surface area contributed by atoms with Gasteiger partial charge in [0.1, 0.15) is 0 Å². The number of rotatable bonds is 2. The summed E-state index contributed by atoms with van der Waals surface area (Å²) in [5, 5.41) is 16.0. The summed E-state index contributed by atoms with van der Waals surface area (Å²) in [5.41, 5.74) is 5.14. The minimum atomic E-state index is 1.26. The van der Waals surface area contributed by atoms with E-state index in [0.29, 0.717) is 0 Å². The topological polar surface area (TPSA) is 0 Å². The van der Waals surface area contributed by atoms with Gasteiger partial charge in [-0.15, -0.1) is 34.0 Å². The summed E-state index contributed by atoms with van der Waals surface area (Å²) in [7, 11) is 0. The maximum absolute atomic E-state index is 2.46. The Bertz CT molecular complexity index is 3370. The van der Waals surface area contributed by atoms with Crippen LogP contribution in [0.5, 0.6) is 0 Å². The van der Waals surface area contributed by atoms with Gasteiger partial charge in [0.15, 0.2) is 0 Å². The second-order valence-electron chi connectivity index (χ2n) is 13.5. The van der Waals surface area contributed by atoms with Crippen LogP contribution in [0, 0.1) is 0 Å². The Labute approximate surface area is 305 Å². The highest BCUT2D eigenvalue weighted by Gasteiger charge is 2.19. The first kappa shape index (κ1) is 28.2. The molecule has 236 valence electrons. The van der Waals surface area contributed by atoms with Crippen molar-refractivity contribution in [1.29, 1.82) is 0 Å². The molecule has 0 aliphatic rings. The Kier molecular flexibility index (Phi) is 5.78. The van der Waals surface area contributed by atoms with Crippen LogP contribution in [0.1, 0.15) is 0 Å². The zero-order valence-electron chi connectivity index (χ0n) is 27.2. The van der Waals surface area contributed by atoms with E-state index >= 15 is 0 Å². The van der Waals surface area contributed by atoms with Gasteiger partial charge in [0.05, 0.1) is 0 Å². The van der Waals surface area contributed by atoms with E-state index in [1.165, 1.54) is 115 Å². The Morgan fingerprint density at radius 3 is 1.37 bits per heavy atom. The van der Waals surface area contributed by atoms with Crippen LogP contribution in [0.15, 0.2) is 158 Å². The van der Waals surface area contributed by atoms with Crippen molar-refractivity contribution in [2.45, 2.75) is 0 Å². The number of fused-ring (bicyclic) bond motifs is 14. The molecule has 0 radical (unpaired) electrons. The van der Waals surface area contributed by atoms with Gasteiger partial charge in [-0.2, -0.15) is 0 Å². The zero-order chi connectivity index (χ0) is 33.2. The van der Waals surface area contributed by atoms with E-state index in [-0.39, 0.29) is 0 Å². The van der Waals surface area contributed by atoms with Crippen LogP contribution in [-0.2, 0) is 0 Å². The summed E-state index contributed by atoms with van der Waals surface area (Å²) in [6.45, 7) is 0. The van der Waals surface area contributed by atoms with E-state index in [4.69, 9.17) is 0 Å². The molecule has 0 saturated heterocycles. The molecule has 0 unspecified atom stereocenters. The monoisotopic (exact) mass is 698 g/mol.